The standard InChI is InChI=1S/C15H24ClN/c1-12(2)11-17-9-5-4-6-14-7-8-15(16)10-13(14)3/h7-8,10,12,17H,4-6,9,11H2,1-3H3. The van der Waals surface area contributed by atoms with Crippen LogP contribution in [-0.4, -0.2) is 13.1 Å². The molecule has 1 N–H and O–H groups in total. The Morgan fingerprint density at radius 1 is 1.24 bits per heavy atom. The Balaban J connectivity index is 2.18. The highest BCUT2D eigenvalue weighted by Crippen LogP contribution is 2.16. The maximum absolute atomic E-state index is 5.94. The predicted octanol–water partition coefficient (Wildman–Crippen LogP) is 4.22. The highest BCUT2D eigenvalue weighted by Gasteiger charge is 1.99. The van der Waals surface area contributed by atoms with E-state index >= 15 is 0 Å². The largest absolute Gasteiger partial charge is 0.316 e. The van der Waals surface area contributed by atoms with Crippen LogP contribution in [0, 0.1) is 12.8 Å². The molecule has 0 unspecified atom stereocenters. The van der Waals surface area contributed by atoms with Crippen molar-refractivity contribution < 1.29 is 0 Å². The molecule has 0 bridgehead atoms. The van der Waals surface area contributed by atoms with E-state index in [9.17, 15) is 0 Å². The summed E-state index contributed by atoms with van der Waals surface area (Å²) in [5, 5.41) is 4.31. The van der Waals surface area contributed by atoms with Crippen molar-refractivity contribution in [1.82, 2.24) is 5.32 Å². The normalized spacial score (nSPS) is 11.1. The van der Waals surface area contributed by atoms with E-state index in [2.05, 4.69) is 32.2 Å². The van der Waals surface area contributed by atoms with E-state index in [4.69, 9.17) is 11.6 Å². The van der Waals surface area contributed by atoms with Crippen molar-refractivity contribution in [1.29, 1.82) is 0 Å². The smallest absolute Gasteiger partial charge is 0.0408 e. The van der Waals surface area contributed by atoms with Crippen LogP contribution in [-0.2, 0) is 6.42 Å². The van der Waals surface area contributed by atoms with Gasteiger partial charge in [-0.25, -0.2) is 0 Å². The number of unbranched alkanes of at least 4 members (excludes halogenated alkanes) is 1. The van der Waals surface area contributed by atoms with Gasteiger partial charge in [0.2, 0.25) is 0 Å². The van der Waals surface area contributed by atoms with E-state index in [0.29, 0.717) is 0 Å². The molecule has 0 aliphatic carbocycles. The van der Waals surface area contributed by atoms with Crippen LogP contribution in [0.5, 0.6) is 0 Å². The van der Waals surface area contributed by atoms with Crippen LogP contribution in [0.4, 0.5) is 0 Å². The fourth-order valence-electron chi connectivity index (χ4n) is 1.90. The van der Waals surface area contributed by atoms with Gasteiger partial charge in [-0.3, -0.25) is 0 Å². The van der Waals surface area contributed by atoms with Crippen molar-refractivity contribution in [3.8, 4) is 0 Å². The molecule has 0 aromatic heterocycles. The van der Waals surface area contributed by atoms with Crippen LogP contribution in [0.1, 0.15) is 37.8 Å². The van der Waals surface area contributed by atoms with Crippen LogP contribution < -0.4 is 5.32 Å². The first-order chi connectivity index (χ1) is 8.09. The number of halogens is 1. The third-order valence-corrected chi connectivity index (χ3v) is 3.14. The molecule has 1 nitrogen and oxygen atoms in total. The maximum atomic E-state index is 5.94. The third kappa shape index (κ3) is 6.09. The number of hydrogen-bond acceptors (Lipinski definition) is 1. The molecule has 1 aromatic carbocycles. The number of aryl methyl sites for hydroxylation is 2. The van der Waals surface area contributed by atoms with E-state index in [1.807, 2.05) is 12.1 Å². The first-order valence-corrected chi connectivity index (χ1v) is 6.93. The molecule has 0 aliphatic heterocycles. The Kier molecular flexibility index (Phi) is 6.61. The van der Waals surface area contributed by atoms with Crippen molar-refractivity contribution in [3.63, 3.8) is 0 Å². The van der Waals surface area contributed by atoms with Crippen molar-refractivity contribution in [2.24, 2.45) is 5.92 Å². The monoisotopic (exact) mass is 253 g/mol. The van der Waals surface area contributed by atoms with Crippen LogP contribution >= 0.6 is 11.6 Å². The molecule has 0 heterocycles. The van der Waals surface area contributed by atoms with Crippen molar-refractivity contribution in [2.45, 2.75) is 40.0 Å². The summed E-state index contributed by atoms with van der Waals surface area (Å²) in [5.41, 5.74) is 2.74. The number of benzene rings is 1. The molecule has 96 valence electrons. The number of hydrogen-bond donors (Lipinski definition) is 1. The zero-order valence-corrected chi connectivity index (χ0v) is 12.0. The Bertz CT molecular complexity index is 334. The van der Waals surface area contributed by atoms with Gasteiger partial charge in [0, 0.05) is 5.02 Å². The van der Waals surface area contributed by atoms with Gasteiger partial charge >= 0.3 is 0 Å². The molecule has 1 aromatic rings. The minimum Gasteiger partial charge on any atom is -0.316 e. The molecule has 17 heavy (non-hydrogen) atoms. The third-order valence-electron chi connectivity index (χ3n) is 2.91. The molecule has 0 amide bonds. The average Bonchev–Trinajstić information content (AvgIpc) is 2.25. The summed E-state index contributed by atoms with van der Waals surface area (Å²) in [6.45, 7) is 8.87. The average molecular weight is 254 g/mol. The lowest BCUT2D eigenvalue weighted by Crippen LogP contribution is -2.20. The molecule has 2 heteroatoms. The van der Waals surface area contributed by atoms with Gasteiger partial charge in [-0.1, -0.05) is 31.5 Å². The van der Waals surface area contributed by atoms with Crippen LogP contribution in [0.15, 0.2) is 18.2 Å². The van der Waals surface area contributed by atoms with Crippen molar-refractivity contribution in [3.05, 3.63) is 34.3 Å². The second-order valence-corrected chi connectivity index (χ2v) is 5.56. The molecular weight excluding hydrogens is 230 g/mol. The zero-order chi connectivity index (χ0) is 12.7. The van der Waals surface area contributed by atoms with Gasteiger partial charge in [0.25, 0.3) is 0 Å². The molecule has 0 saturated carbocycles. The molecule has 0 fully saturated rings. The zero-order valence-electron chi connectivity index (χ0n) is 11.2. The summed E-state index contributed by atoms with van der Waals surface area (Å²) >= 11 is 5.94. The summed E-state index contributed by atoms with van der Waals surface area (Å²) in [5.74, 6) is 0.744. The molecular formula is C15H24ClN. The van der Waals surface area contributed by atoms with Gasteiger partial charge in [0.15, 0.2) is 0 Å². The minimum atomic E-state index is 0.744. The highest BCUT2D eigenvalue weighted by molar-refractivity contribution is 6.30. The van der Waals surface area contributed by atoms with Gasteiger partial charge in [-0.05, 0) is 68.5 Å². The second kappa shape index (κ2) is 7.73. The van der Waals surface area contributed by atoms with Crippen molar-refractivity contribution >= 4 is 11.6 Å². The van der Waals surface area contributed by atoms with E-state index in [1.165, 1.54) is 24.0 Å². The van der Waals surface area contributed by atoms with Gasteiger partial charge in [-0.15, -0.1) is 0 Å². The minimum absolute atomic E-state index is 0.744. The van der Waals surface area contributed by atoms with E-state index in [-0.39, 0.29) is 0 Å². The van der Waals surface area contributed by atoms with E-state index in [0.717, 1.165) is 30.5 Å². The summed E-state index contributed by atoms with van der Waals surface area (Å²) in [7, 11) is 0. The van der Waals surface area contributed by atoms with Gasteiger partial charge in [0.05, 0.1) is 0 Å². The fraction of sp³-hybridized carbons (Fsp3) is 0.600. The topological polar surface area (TPSA) is 12.0 Å². The fourth-order valence-corrected chi connectivity index (χ4v) is 2.12. The van der Waals surface area contributed by atoms with Crippen LogP contribution in [0.3, 0.4) is 0 Å². The summed E-state index contributed by atoms with van der Waals surface area (Å²) < 4.78 is 0. The lowest BCUT2D eigenvalue weighted by molar-refractivity contribution is 0.535. The molecule has 1 rings (SSSR count). The van der Waals surface area contributed by atoms with E-state index in [1.54, 1.807) is 0 Å². The first kappa shape index (κ1) is 14.5. The Hall–Kier alpha value is -0.530. The predicted molar refractivity (Wildman–Crippen MR) is 76.8 cm³/mol. The van der Waals surface area contributed by atoms with Crippen LogP contribution in [0.2, 0.25) is 5.02 Å². The second-order valence-electron chi connectivity index (χ2n) is 5.13. The highest BCUT2D eigenvalue weighted by atomic mass is 35.5. The quantitative estimate of drug-likeness (QED) is 0.718. The Morgan fingerprint density at radius 2 is 2.00 bits per heavy atom. The SMILES string of the molecule is Cc1cc(Cl)ccc1CCCCNCC(C)C. The Morgan fingerprint density at radius 3 is 2.65 bits per heavy atom. The van der Waals surface area contributed by atoms with Crippen molar-refractivity contribution in [2.75, 3.05) is 13.1 Å². The summed E-state index contributed by atoms with van der Waals surface area (Å²) in [6.07, 6.45) is 3.65. The lowest BCUT2D eigenvalue weighted by atomic mass is 10.0. The summed E-state index contributed by atoms with van der Waals surface area (Å²) in [6, 6.07) is 6.19. The van der Waals surface area contributed by atoms with Crippen LogP contribution in [0.25, 0.3) is 0 Å². The van der Waals surface area contributed by atoms with E-state index < -0.39 is 0 Å². The lowest BCUT2D eigenvalue weighted by Gasteiger charge is -2.08. The van der Waals surface area contributed by atoms with Gasteiger partial charge in [0.1, 0.15) is 0 Å². The van der Waals surface area contributed by atoms with Gasteiger partial charge < -0.3 is 5.32 Å². The number of rotatable bonds is 7. The Labute approximate surface area is 111 Å². The maximum Gasteiger partial charge on any atom is 0.0408 e. The molecule has 0 aliphatic rings. The molecule has 0 saturated heterocycles. The first-order valence-electron chi connectivity index (χ1n) is 6.55. The van der Waals surface area contributed by atoms with Gasteiger partial charge in [-0.2, -0.15) is 0 Å². The molecule has 0 spiro atoms. The summed E-state index contributed by atoms with van der Waals surface area (Å²) in [4.78, 5) is 0. The molecule has 0 radical (unpaired) electrons. The molecule has 0 atom stereocenters. The number of nitrogens with one attached hydrogen (secondary N) is 1.